The van der Waals surface area contributed by atoms with Crippen LogP contribution in [0.2, 0.25) is 0 Å². The van der Waals surface area contributed by atoms with E-state index in [1.807, 2.05) is 12.4 Å². The standard InChI is InChI=1S/C22H18N2/c1-3-7-17(8-4-1)21(19-11-13-23-15-19)22(20-12-14-24-16-20)18-9-5-2-6-10-18/h1-16,23-24H. The summed E-state index contributed by atoms with van der Waals surface area (Å²) in [5, 5.41) is 0. The Labute approximate surface area is 141 Å². The van der Waals surface area contributed by atoms with Crippen LogP contribution in [0.5, 0.6) is 0 Å². The van der Waals surface area contributed by atoms with Gasteiger partial charge in [0.15, 0.2) is 0 Å². The molecule has 116 valence electrons. The van der Waals surface area contributed by atoms with Crippen molar-refractivity contribution < 1.29 is 0 Å². The minimum absolute atomic E-state index is 1.18. The molecule has 0 saturated heterocycles. The number of H-pyrrole nitrogens is 2. The van der Waals surface area contributed by atoms with E-state index in [1.54, 1.807) is 0 Å². The third kappa shape index (κ3) is 2.70. The third-order valence-electron chi connectivity index (χ3n) is 4.15. The normalized spacial score (nSPS) is 12.0. The van der Waals surface area contributed by atoms with Crippen LogP contribution >= 0.6 is 0 Å². The van der Waals surface area contributed by atoms with Crippen LogP contribution in [0.4, 0.5) is 0 Å². The fourth-order valence-electron chi connectivity index (χ4n) is 3.08. The summed E-state index contributed by atoms with van der Waals surface area (Å²) in [4.78, 5) is 6.38. The predicted octanol–water partition coefficient (Wildman–Crippen LogP) is 5.35. The number of aromatic nitrogens is 2. The summed E-state index contributed by atoms with van der Waals surface area (Å²) in [6, 6.07) is 25.3. The van der Waals surface area contributed by atoms with Gasteiger partial charge in [0.2, 0.25) is 0 Å². The second-order valence-electron chi connectivity index (χ2n) is 5.68. The summed E-state index contributed by atoms with van der Waals surface area (Å²) in [5.74, 6) is 0. The molecule has 0 aliphatic carbocycles. The van der Waals surface area contributed by atoms with Gasteiger partial charge in [-0.15, -0.1) is 0 Å². The first-order valence-corrected chi connectivity index (χ1v) is 8.05. The Balaban J connectivity index is 2.07. The second kappa shape index (κ2) is 6.47. The van der Waals surface area contributed by atoms with Crippen LogP contribution in [0.15, 0.2) is 97.6 Å². The van der Waals surface area contributed by atoms with E-state index in [2.05, 4.69) is 95.2 Å². The van der Waals surface area contributed by atoms with Crippen molar-refractivity contribution in [3.05, 3.63) is 120 Å². The lowest BCUT2D eigenvalue weighted by Crippen LogP contribution is -1.95. The van der Waals surface area contributed by atoms with Gasteiger partial charge >= 0.3 is 0 Å². The topological polar surface area (TPSA) is 31.6 Å². The third-order valence-corrected chi connectivity index (χ3v) is 4.15. The maximum Gasteiger partial charge on any atom is 0.00846 e. The molecule has 0 aliphatic heterocycles. The van der Waals surface area contributed by atoms with E-state index in [-0.39, 0.29) is 0 Å². The Morgan fingerprint density at radius 3 is 1.21 bits per heavy atom. The lowest BCUT2D eigenvalue weighted by atomic mass is 9.88. The van der Waals surface area contributed by atoms with Crippen LogP contribution in [0.3, 0.4) is 0 Å². The molecule has 2 aromatic carbocycles. The van der Waals surface area contributed by atoms with Gasteiger partial charge in [0, 0.05) is 35.9 Å². The van der Waals surface area contributed by atoms with Gasteiger partial charge in [-0.3, -0.25) is 0 Å². The van der Waals surface area contributed by atoms with Crippen LogP contribution in [0, 0.1) is 0 Å². The van der Waals surface area contributed by atoms with E-state index in [0.29, 0.717) is 0 Å². The summed E-state index contributed by atoms with van der Waals surface area (Å²) in [6.45, 7) is 0. The van der Waals surface area contributed by atoms with Gasteiger partial charge in [0.1, 0.15) is 0 Å². The molecule has 2 heterocycles. The molecule has 2 aromatic heterocycles. The maximum absolute atomic E-state index is 3.19. The number of hydrogen-bond donors (Lipinski definition) is 2. The Bertz CT molecular complexity index is 837. The van der Waals surface area contributed by atoms with Crippen molar-refractivity contribution in [2.75, 3.05) is 0 Å². The minimum atomic E-state index is 1.18. The van der Waals surface area contributed by atoms with Gasteiger partial charge in [-0.1, -0.05) is 60.7 Å². The summed E-state index contributed by atoms with van der Waals surface area (Å²) >= 11 is 0. The molecule has 24 heavy (non-hydrogen) atoms. The number of nitrogens with one attached hydrogen (secondary N) is 2. The molecule has 0 bridgehead atoms. The Morgan fingerprint density at radius 1 is 0.458 bits per heavy atom. The molecule has 0 radical (unpaired) electrons. The fourth-order valence-corrected chi connectivity index (χ4v) is 3.08. The molecule has 2 nitrogen and oxygen atoms in total. The molecule has 2 heteroatoms. The molecule has 0 aliphatic rings. The summed E-state index contributed by atoms with van der Waals surface area (Å²) in [6.07, 6.45) is 8.05. The molecule has 0 atom stereocenters. The number of aromatic amines is 2. The highest BCUT2D eigenvalue weighted by Crippen LogP contribution is 2.36. The van der Waals surface area contributed by atoms with Crippen molar-refractivity contribution in [3.63, 3.8) is 0 Å². The number of benzene rings is 2. The lowest BCUT2D eigenvalue weighted by Gasteiger charge is -2.15. The zero-order valence-electron chi connectivity index (χ0n) is 13.2. The number of hydrogen-bond acceptors (Lipinski definition) is 0. The Hall–Kier alpha value is -3.26. The molecule has 0 saturated carbocycles. The zero-order valence-corrected chi connectivity index (χ0v) is 13.2. The highest BCUT2D eigenvalue weighted by molar-refractivity contribution is 6.04. The molecule has 0 unspecified atom stereocenters. The average molecular weight is 310 g/mol. The fraction of sp³-hybridized carbons (Fsp3) is 0. The van der Waals surface area contributed by atoms with Crippen molar-refractivity contribution in [1.82, 2.24) is 9.97 Å². The van der Waals surface area contributed by atoms with Gasteiger partial charge < -0.3 is 9.97 Å². The van der Waals surface area contributed by atoms with Crippen molar-refractivity contribution in [2.24, 2.45) is 0 Å². The highest BCUT2D eigenvalue weighted by Gasteiger charge is 2.16. The highest BCUT2D eigenvalue weighted by atomic mass is 14.6. The smallest absolute Gasteiger partial charge is 0.00846 e. The van der Waals surface area contributed by atoms with Gasteiger partial charge in [0.25, 0.3) is 0 Å². The van der Waals surface area contributed by atoms with E-state index in [9.17, 15) is 0 Å². The van der Waals surface area contributed by atoms with Gasteiger partial charge in [-0.2, -0.15) is 0 Å². The quantitative estimate of drug-likeness (QED) is 0.476. The van der Waals surface area contributed by atoms with Crippen molar-refractivity contribution in [3.8, 4) is 0 Å². The van der Waals surface area contributed by atoms with E-state index < -0.39 is 0 Å². The van der Waals surface area contributed by atoms with E-state index in [4.69, 9.17) is 0 Å². The van der Waals surface area contributed by atoms with Crippen molar-refractivity contribution in [2.45, 2.75) is 0 Å². The maximum atomic E-state index is 3.19. The Morgan fingerprint density at radius 2 is 0.875 bits per heavy atom. The first kappa shape index (κ1) is 14.3. The van der Waals surface area contributed by atoms with Gasteiger partial charge in [0.05, 0.1) is 0 Å². The lowest BCUT2D eigenvalue weighted by molar-refractivity contribution is 1.40. The monoisotopic (exact) mass is 310 g/mol. The second-order valence-corrected chi connectivity index (χ2v) is 5.68. The van der Waals surface area contributed by atoms with Gasteiger partial charge in [-0.25, -0.2) is 0 Å². The Kier molecular flexibility index (Phi) is 3.86. The average Bonchev–Trinajstić information content (AvgIpc) is 3.35. The van der Waals surface area contributed by atoms with Crippen LogP contribution in [0.25, 0.3) is 11.1 Å². The first-order chi connectivity index (χ1) is 11.9. The van der Waals surface area contributed by atoms with E-state index in [1.165, 1.54) is 33.4 Å². The zero-order chi connectivity index (χ0) is 16.2. The molecule has 0 fully saturated rings. The van der Waals surface area contributed by atoms with Crippen LogP contribution in [-0.4, -0.2) is 9.97 Å². The summed E-state index contributed by atoms with van der Waals surface area (Å²) in [7, 11) is 0. The number of rotatable bonds is 4. The first-order valence-electron chi connectivity index (χ1n) is 8.05. The van der Waals surface area contributed by atoms with Crippen molar-refractivity contribution in [1.29, 1.82) is 0 Å². The summed E-state index contributed by atoms with van der Waals surface area (Å²) in [5.41, 5.74) is 7.22. The molecular weight excluding hydrogens is 292 g/mol. The molecule has 0 spiro atoms. The van der Waals surface area contributed by atoms with Crippen LogP contribution < -0.4 is 0 Å². The van der Waals surface area contributed by atoms with E-state index in [0.717, 1.165) is 0 Å². The predicted molar refractivity (Wildman–Crippen MR) is 99.5 cm³/mol. The molecule has 4 aromatic rings. The van der Waals surface area contributed by atoms with Crippen molar-refractivity contribution >= 4 is 11.1 Å². The van der Waals surface area contributed by atoms with Gasteiger partial charge in [-0.05, 0) is 34.4 Å². The molecule has 0 amide bonds. The van der Waals surface area contributed by atoms with E-state index >= 15 is 0 Å². The SMILES string of the molecule is c1ccc(C(=C(c2ccccc2)c2cc[nH]c2)c2cc[nH]c2)cc1. The molecule has 4 rings (SSSR count). The van der Waals surface area contributed by atoms with Crippen LogP contribution in [0.1, 0.15) is 22.3 Å². The minimum Gasteiger partial charge on any atom is -0.367 e. The summed E-state index contributed by atoms with van der Waals surface area (Å²) < 4.78 is 0. The largest absolute Gasteiger partial charge is 0.367 e. The molecular formula is C22H18N2. The van der Waals surface area contributed by atoms with Crippen LogP contribution in [-0.2, 0) is 0 Å². The molecule has 2 N–H and O–H groups in total.